The summed E-state index contributed by atoms with van der Waals surface area (Å²) in [5.41, 5.74) is 5.24. The van der Waals surface area contributed by atoms with Crippen molar-refractivity contribution in [1.29, 1.82) is 0 Å². The van der Waals surface area contributed by atoms with Crippen LogP contribution in [0.5, 0.6) is 0 Å². The van der Waals surface area contributed by atoms with Crippen LogP contribution in [0.2, 0.25) is 0 Å². The predicted octanol–water partition coefficient (Wildman–Crippen LogP) is 3.99. The summed E-state index contributed by atoms with van der Waals surface area (Å²) in [5.74, 6) is 0. The van der Waals surface area contributed by atoms with E-state index in [9.17, 15) is 10.1 Å². The van der Waals surface area contributed by atoms with Gasteiger partial charge in [-0.2, -0.15) is 5.10 Å². The van der Waals surface area contributed by atoms with Gasteiger partial charge >= 0.3 is 0 Å². The predicted molar refractivity (Wildman–Crippen MR) is 98.9 cm³/mol. The van der Waals surface area contributed by atoms with E-state index in [4.69, 9.17) is 12.2 Å². The zero-order chi connectivity index (χ0) is 16.8. The van der Waals surface area contributed by atoms with Gasteiger partial charge in [-0.05, 0) is 53.3 Å². The van der Waals surface area contributed by atoms with Gasteiger partial charge in [-0.15, -0.1) is 0 Å². The molecule has 0 radical (unpaired) electrons. The van der Waals surface area contributed by atoms with E-state index in [1.54, 1.807) is 12.1 Å². The lowest BCUT2D eigenvalue weighted by molar-refractivity contribution is -0.385. The van der Waals surface area contributed by atoms with Crippen molar-refractivity contribution in [3.05, 3.63) is 68.2 Å². The Morgan fingerprint density at radius 1 is 1.30 bits per heavy atom. The molecule has 0 aliphatic rings. The SMILES string of the molecule is Cc1ccc(NC(=S)N/N=C\c2ccc(Br)c([N+](=O)[O-])c2)cc1. The molecular weight excluding hydrogens is 380 g/mol. The lowest BCUT2D eigenvalue weighted by atomic mass is 10.2. The molecule has 0 atom stereocenters. The summed E-state index contributed by atoms with van der Waals surface area (Å²) < 4.78 is 0.421. The number of anilines is 1. The highest BCUT2D eigenvalue weighted by molar-refractivity contribution is 9.10. The van der Waals surface area contributed by atoms with Crippen LogP contribution in [-0.4, -0.2) is 16.3 Å². The van der Waals surface area contributed by atoms with E-state index in [1.165, 1.54) is 12.3 Å². The molecule has 0 unspecified atom stereocenters. The summed E-state index contributed by atoms with van der Waals surface area (Å²) in [4.78, 5) is 10.4. The van der Waals surface area contributed by atoms with Gasteiger partial charge in [-0.1, -0.05) is 23.8 Å². The first-order chi connectivity index (χ1) is 11.0. The molecule has 0 aliphatic heterocycles. The number of aryl methyl sites for hydroxylation is 1. The third kappa shape index (κ3) is 5.11. The Kier molecular flexibility index (Phi) is 5.78. The molecule has 0 spiro atoms. The maximum atomic E-state index is 10.9. The standard InChI is InChI=1S/C15H13BrN4O2S/c1-10-2-5-12(6-3-10)18-15(23)19-17-9-11-4-7-13(16)14(8-11)20(21)22/h2-9H,1H3,(H2,18,19,23)/b17-9-. The monoisotopic (exact) mass is 392 g/mol. The van der Waals surface area contributed by atoms with E-state index in [1.807, 2.05) is 31.2 Å². The quantitative estimate of drug-likeness (QED) is 0.356. The number of benzene rings is 2. The van der Waals surface area contributed by atoms with Gasteiger partial charge in [0, 0.05) is 17.3 Å². The first-order valence-corrected chi connectivity index (χ1v) is 7.76. The van der Waals surface area contributed by atoms with Gasteiger partial charge in [0.05, 0.1) is 15.6 Å². The number of hydrazone groups is 1. The number of rotatable bonds is 4. The second-order valence-corrected chi connectivity index (χ2v) is 5.92. The number of hydrogen-bond acceptors (Lipinski definition) is 4. The zero-order valence-electron chi connectivity index (χ0n) is 12.1. The largest absolute Gasteiger partial charge is 0.331 e. The summed E-state index contributed by atoms with van der Waals surface area (Å²) in [7, 11) is 0. The summed E-state index contributed by atoms with van der Waals surface area (Å²) in [6.07, 6.45) is 1.46. The van der Waals surface area contributed by atoms with E-state index >= 15 is 0 Å². The molecule has 0 aromatic heterocycles. The molecule has 8 heteroatoms. The van der Waals surface area contributed by atoms with Gasteiger partial charge in [0.2, 0.25) is 0 Å². The summed E-state index contributed by atoms with van der Waals surface area (Å²) in [6.45, 7) is 2.00. The fraction of sp³-hybridized carbons (Fsp3) is 0.0667. The third-order valence-electron chi connectivity index (χ3n) is 2.86. The fourth-order valence-electron chi connectivity index (χ4n) is 1.71. The topological polar surface area (TPSA) is 79.6 Å². The van der Waals surface area contributed by atoms with Crippen molar-refractivity contribution in [2.75, 3.05) is 5.32 Å². The molecule has 0 aliphatic carbocycles. The molecule has 2 aromatic rings. The van der Waals surface area contributed by atoms with E-state index < -0.39 is 4.92 Å². The molecule has 0 amide bonds. The fourth-order valence-corrected chi connectivity index (χ4v) is 2.27. The summed E-state index contributed by atoms with van der Waals surface area (Å²) in [6, 6.07) is 12.5. The molecule has 6 nitrogen and oxygen atoms in total. The summed E-state index contributed by atoms with van der Waals surface area (Å²) >= 11 is 8.25. The number of nitrogens with zero attached hydrogens (tertiary/aromatic N) is 2. The van der Waals surface area contributed by atoms with E-state index in [0.29, 0.717) is 15.1 Å². The van der Waals surface area contributed by atoms with Crippen molar-refractivity contribution >= 4 is 50.8 Å². The average molecular weight is 393 g/mol. The second-order valence-electron chi connectivity index (χ2n) is 4.66. The van der Waals surface area contributed by atoms with Gasteiger partial charge in [0.15, 0.2) is 5.11 Å². The third-order valence-corrected chi connectivity index (χ3v) is 3.72. The van der Waals surface area contributed by atoms with Gasteiger partial charge in [-0.25, -0.2) is 0 Å². The number of thiocarbonyl (C=S) groups is 1. The van der Waals surface area contributed by atoms with Crippen LogP contribution >= 0.6 is 28.1 Å². The van der Waals surface area contributed by atoms with Gasteiger partial charge in [-0.3, -0.25) is 15.5 Å². The molecule has 0 bridgehead atoms. The molecular formula is C15H13BrN4O2S. The highest BCUT2D eigenvalue weighted by atomic mass is 79.9. The van der Waals surface area contributed by atoms with Crippen LogP contribution in [0.3, 0.4) is 0 Å². The maximum Gasteiger partial charge on any atom is 0.284 e. The number of hydrogen-bond donors (Lipinski definition) is 2. The summed E-state index contributed by atoms with van der Waals surface area (Å²) in [5, 5.41) is 18.2. The second kappa shape index (κ2) is 7.80. The van der Waals surface area contributed by atoms with Crippen LogP contribution in [0.1, 0.15) is 11.1 Å². The highest BCUT2D eigenvalue weighted by Gasteiger charge is 2.11. The van der Waals surface area contributed by atoms with Gasteiger partial charge in [0.25, 0.3) is 5.69 Å². The smallest absolute Gasteiger partial charge is 0.284 e. The molecule has 0 saturated carbocycles. The molecule has 23 heavy (non-hydrogen) atoms. The number of nitro groups is 1. The van der Waals surface area contributed by atoms with Crippen LogP contribution in [0.15, 0.2) is 52.0 Å². The lowest BCUT2D eigenvalue weighted by Gasteiger charge is -2.06. The van der Waals surface area contributed by atoms with Crippen molar-refractivity contribution in [3.8, 4) is 0 Å². The van der Waals surface area contributed by atoms with Crippen LogP contribution in [0.4, 0.5) is 11.4 Å². The first-order valence-electron chi connectivity index (χ1n) is 6.56. The van der Waals surface area contributed by atoms with Crippen LogP contribution in [-0.2, 0) is 0 Å². The lowest BCUT2D eigenvalue weighted by Crippen LogP contribution is -2.23. The molecule has 2 N–H and O–H groups in total. The van der Waals surface area contributed by atoms with Gasteiger partial charge < -0.3 is 5.32 Å². The minimum atomic E-state index is -0.460. The average Bonchev–Trinajstić information content (AvgIpc) is 2.51. The van der Waals surface area contributed by atoms with Crippen LogP contribution in [0, 0.1) is 17.0 Å². The first kappa shape index (κ1) is 17.0. The van der Waals surface area contributed by atoms with Gasteiger partial charge in [0.1, 0.15) is 0 Å². The normalized spacial score (nSPS) is 10.5. The minimum Gasteiger partial charge on any atom is -0.331 e. The van der Waals surface area contributed by atoms with Crippen molar-refractivity contribution in [3.63, 3.8) is 0 Å². The molecule has 2 rings (SSSR count). The molecule has 118 valence electrons. The zero-order valence-corrected chi connectivity index (χ0v) is 14.5. The van der Waals surface area contributed by atoms with E-state index in [2.05, 4.69) is 31.8 Å². The van der Waals surface area contributed by atoms with Crippen molar-refractivity contribution in [1.82, 2.24) is 5.43 Å². The number of halogens is 1. The maximum absolute atomic E-state index is 10.9. The van der Waals surface area contributed by atoms with Crippen LogP contribution < -0.4 is 10.7 Å². The molecule has 0 saturated heterocycles. The Labute approximate surface area is 146 Å². The Hall–Kier alpha value is -2.32. The Morgan fingerprint density at radius 2 is 2.00 bits per heavy atom. The number of nitro benzene ring substituents is 1. The highest BCUT2D eigenvalue weighted by Crippen LogP contribution is 2.24. The Bertz CT molecular complexity index is 763. The number of nitrogens with one attached hydrogen (secondary N) is 2. The van der Waals surface area contributed by atoms with E-state index in [-0.39, 0.29) is 5.69 Å². The van der Waals surface area contributed by atoms with Crippen molar-refractivity contribution in [2.45, 2.75) is 6.92 Å². The Morgan fingerprint density at radius 3 is 2.65 bits per heavy atom. The van der Waals surface area contributed by atoms with Crippen LogP contribution in [0.25, 0.3) is 0 Å². The van der Waals surface area contributed by atoms with Crippen molar-refractivity contribution in [2.24, 2.45) is 5.10 Å². The molecule has 0 heterocycles. The Balaban J connectivity index is 1.96. The minimum absolute atomic E-state index is 0.0192. The molecule has 2 aromatic carbocycles. The molecule has 0 fully saturated rings. The van der Waals surface area contributed by atoms with E-state index in [0.717, 1.165) is 11.3 Å². The van der Waals surface area contributed by atoms with Crippen molar-refractivity contribution < 1.29 is 4.92 Å².